The number of ether oxygens (including phenoxy) is 1. The van der Waals surface area contributed by atoms with Crippen molar-refractivity contribution in [1.29, 1.82) is 0 Å². The molecule has 18 heavy (non-hydrogen) atoms. The summed E-state index contributed by atoms with van der Waals surface area (Å²) in [4.78, 5) is 0. The van der Waals surface area contributed by atoms with Crippen molar-refractivity contribution in [1.82, 2.24) is 5.32 Å². The molecule has 0 spiro atoms. The Morgan fingerprint density at radius 2 is 2.39 bits per heavy atom. The molecule has 1 aliphatic rings. The van der Waals surface area contributed by atoms with E-state index in [0.29, 0.717) is 10.9 Å². The van der Waals surface area contributed by atoms with E-state index in [0.717, 1.165) is 30.8 Å². The van der Waals surface area contributed by atoms with Crippen LogP contribution in [0.4, 0.5) is 0 Å². The van der Waals surface area contributed by atoms with Gasteiger partial charge in [0.05, 0.1) is 7.11 Å². The molecular weight excluding hydrogens is 248 g/mol. The van der Waals surface area contributed by atoms with E-state index >= 15 is 0 Å². The van der Waals surface area contributed by atoms with Gasteiger partial charge in [-0.3, -0.25) is 0 Å². The molecule has 0 amide bonds. The number of nitrogens with two attached hydrogens (primary N) is 1. The summed E-state index contributed by atoms with van der Waals surface area (Å²) < 4.78 is 5.36. The molecule has 100 valence electrons. The molecule has 2 atom stereocenters. The lowest BCUT2D eigenvalue weighted by Crippen LogP contribution is -2.31. The average Bonchev–Trinajstić information content (AvgIpc) is 2.40. The summed E-state index contributed by atoms with van der Waals surface area (Å²) in [6.07, 6.45) is 3.47. The first-order valence-corrected chi connectivity index (χ1v) is 6.88. The van der Waals surface area contributed by atoms with Crippen LogP contribution in [0.2, 0.25) is 5.02 Å². The third kappa shape index (κ3) is 3.37. The van der Waals surface area contributed by atoms with Crippen LogP contribution in [0, 0.1) is 5.92 Å². The zero-order chi connectivity index (χ0) is 13.0. The quantitative estimate of drug-likeness (QED) is 0.883. The number of nitrogens with one attached hydrogen (secondary N) is 1. The van der Waals surface area contributed by atoms with Gasteiger partial charge in [0.25, 0.3) is 0 Å². The van der Waals surface area contributed by atoms with Crippen LogP contribution in [0.5, 0.6) is 5.75 Å². The molecule has 1 aromatic rings. The second kappa shape index (κ2) is 6.41. The lowest BCUT2D eigenvalue weighted by Gasteiger charge is -2.26. The Labute approximate surface area is 114 Å². The van der Waals surface area contributed by atoms with Crippen LogP contribution >= 0.6 is 11.6 Å². The molecule has 0 saturated carbocycles. The van der Waals surface area contributed by atoms with Crippen molar-refractivity contribution >= 4 is 11.6 Å². The van der Waals surface area contributed by atoms with Crippen LogP contribution < -0.4 is 15.8 Å². The van der Waals surface area contributed by atoms with Crippen molar-refractivity contribution in [2.45, 2.75) is 25.3 Å². The highest BCUT2D eigenvalue weighted by molar-refractivity contribution is 6.30. The molecule has 0 bridgehead atoms. The number of hydrogen-bond donors (Lipinski definition) is 2. The summed E-state index contributed by atoms with van der Waals surface area (Å²) in [5.74, 6) is 1.48. The van der Waals surface area contributed by atoms with E-state index in [-0.39, 0.29) is 6.04 Å². The molecule has 3 N–H and O–H groups in total. The van der Waals surface area contributed by atoms with Crippen molar-refractivity contribution in [2.24, 2.45) is 11.7 Å². The molecule has 2 unspecified atom stereocenters. The topological polar surface area (TPSA) is 47.3 Å². The fraction of sp³-hybridized carbons (Fsp3) is 0.571. The highest BCUT2D eigenvalue weighted by atomic mass is 35.5. The predicted molar refractivity (Wildman–Crippen MR) is 75.1 cm³/mol. The standard InChI is InChI=1S/C14H21ClN2O/c1-18-14-5-4-11(15)8-12(14)13(16)7-10-3-2-6-17-9-10/h4-5,8,10,13,17H,2-3,6-7,9,16H2,1H3. The first-order valence-electron chi connectivity index (χ1n) is 6.50. The van der Waals surface area contributed by atoms with Crippen LogP contribution in [-0.4, -0.2) is 20.2 Å². The predicted octanol–water partition coefficient (Wildman–Crippen LogP) is 2.74. The van der Waals surface area contributed by atoms with Crippen LogP contribution in [0.25, 0.3) is 0 Å². The smallest absolute Gasteiger partial charge is 0.123 e. The van der Waals surface area contributed by atoms with Crippen molar-refractivity contribution in [3.8, 4) is 5.75 Å². The molecule has 3 nitrogen and oxygen atoms in total. The van der Waals surface area contributed by atoms with Gasteiger partial charge in [0.2, 0.25) is 0 Å². The largest absolute Gasteiger partial charge is 0.496 e. The molecule has 1 heterocycles. The second-order valence-corrected chi connectivity index (χ2v) is 5.38. The zero-order valence-corrected chi connectivity index (χ0v) is 11.5. The molecule has 1 saturated heterocycles. The maximum absolute atomic E-state index is 6.30. The second-order valence-electron chi connectivity index (χ2n) is 4.94. The van der Waals surface area contributed by atoms with Crippen molar-refractivity contribution in [3.05, 3.63) is 28.8 Å². The molecule has 1 aliphatic heterocycles. The molecular formula is C14H21ClN2O. The maximum Gasteiger partial charge on any atom is 0.123 e. The third-order valence-electron chi connectivity index (χ3n) is 3.58. The normalized spacial score (nSPS) is 21.6. The van der Waals surface area contributed by atoms with Crippen molar-refractivity contribution in [2.75, 3.05) is 20.2 Å². The maximum atomic E-state index is 6.30. The van der Waals surface area contributed by atoms with E-state index < -0.39 is 0 Å². The van der Waals surface area contributed by atoms with E-state index in [9.17, 15) is 0 Å². The summed E-state index contributed by atoms with van der Waals surface area (Å²) in [6.45, 7) is 2.20. The molecule has 0 radical (unpaired) electrons. The summed E-state index contributed by atoms with van der Waals surface area (Å²) in [5.41, 5.74) is 7.31. The Kier molecular flexibility index (Phi) is 4.87. The summed E-state index contributed by atoms with van der Waals surface area (Å²) >= 11 is 6.04. The average molecular weight is 269 g/mol. The van der Waals surface area contributed by atoms with Gasteiger partial charge in [-0.2, -0.15) is 0 Å². The SMILES string of the molecule is COc1ccc(Cl)cc1C(N)CC1CCCNC1. The third-order valence-corrected chi connectivity index (χ3v) is 3.81. The summed E-state index contributed by atoms with van der Waals surface area (Å²) in [7, 11) is 1.67. The van der Waals surface area contributed by atoms with Gasteiger partial charge >= 0.3 is 0 Å². The Bertz CT molecular complexity index is 391. The van der Waals surface area contributed by atoms with Gasteiger partial charge in [-0.25, -0.2) is 0 Å². The fourth-order valence-corrected chi connectivity index (χ4v) is 2.79. The first kappa shape index (κ1) is 13.7. The summed E-state index contributed by atoms with van der Waals surface area (Å²) in [6, 6.07) is 5.63. The molecule has 2 rings (SSSR count). The molecule has 1 aromatic carbocycles. The Morgan fingerprint density at radius 1 is 1.56 bits per heavy atom. The minimum Gasteiger partial charge on any atom is -0.496 e. The van der Waals surface area contributed by atoms with Gasteiger partial charge in [0, 0.05) is 16.6 Å². The van der Waals surface area contributed by atoms with Gasteiger partial charge in [-0.05, 0) is 56.5 Å². The highest BCUT2D eigenvalue weighted by Crippen LogP contribution is 2.31. The summed E-state index contributed by atoms with van der Waals surface area (Å²) in [5, 5.41) is 4.13. The molecule has 0 aliphatic carbocycles. The fourth-order valence-electron chi connectivity index (χ4n) is 2.61. The van der Waals surface area contributed by atoms with E-state index in [1.165, 1.54) is 12.8 Å². The number of rotatable bonds is 4. The van der Waals surface area contributed by atoms with Crippen molar-refractivity contribution in [3.63, 3.8) is 0 Å². The van der Waals surface area contributed by atoms with Crippen LogP contribution in [0.15, 0.2) is 18.2 Å². The molecule has 4 heteroatoms. The van der Waals surface area contributed by atoms with E-state index in [4.69, 9.17) is 22.1 Å². The molecule has 1 fully saturated rings. The number of benzene rings is 1. The molecule has 0 aromatic heterocycles. The van der Waals surface area contributed by atoms with Gasteiger partial charge in [-0.15, -0.1) is 0 Å². The monoisotopic (exact) mass is 268 g/mol. The lowest BCUT2D eigenvalue weighted by molar-refractivity contribution is 0.331. The number of methoxy groups -OCH3 is 1. The first-order chi connectivity index (χ1) is 8.70. The lowest BCUT2D eigenvalue weighted by atomic mass is 9.89. The van der Waals surface area contributed by atoms with Crippen LogP contribution in [0.1, 0.15) is 30.9 Å². The van der Waals surface area contributed by atoms with Gasteiger partial charge in [0.15, 0.2) is 0 Å². The van der Waals surface area contributed by atoms with Crippen LogP contribution in [-0.2, 0) is 0 Å². The van der Waals surface area contributed by atoms with Gasteiger partial charge in [-0.1, -0.05) is 11.6 Å². The van der Waals surface area contributed by atoms with Gasteiger partial charge in [0.1, 0.15) is 5.75 Å². The number of hydrogen-bond acceptors (Lipinski definition) is 3. The van der Waals surface area contributed by atoms with Gasteiger partial charge < -0.3 is 15.8 Å². The van der Waals surface area contributed by atoms with E-state index in [2.05, 4.69) is 5.32 Å². The number of halogens is 1. The van der Waals surface area contributed by atoms with E-state index in [1.54, 1.807) is 7.11 Å². The number of piperidine rings is 1. The Balaban J connectivity index is 2.07. The Morgan fingerprint density at radius 3 is 3.06 bits per heavy atom. The minimum atomic E-state index is -0.0106. The van der Waals surface area contributed by atoms with Crippen molar-refractivity contribution < 1.29 is 4.74 Å². The van der Waals surface area contributed by atoms with Crippen LogP contribution in [0.3, 0.4) is 0 Å². The Hall–Kier alpha value is -0.770. The highest BCUT2D eigenvalue weighted by Gasteiger charge is 2.19. The zero-order valence-electron chi connectivity index (χ0n) is 10.8. The minimum absolute atomic E-state index is 0.0106. The van der Waals surface area contributed by atoms with E-state index in [1.807, 2.05) is 18.2 Å².